The summed E-state index contributed by atoms with van der Waals surface area (Å²) in [6.07, 6.45) is 0. The average molecular weight is 273 g/mol. The molecule has 2 atom stereocenters. The zero-order valence-electron chi connectivity index (χ0n) is 11.9. The minimum atomic E-state index is -0.876. The van der Waals surface area contributed by atoms with E-state index in [1.165, 1.54) is 0 Å². The Bertz CT molecular complexity index is 578. The van der Waals surface area contributed by atoms with Crippen molar-refractivity contribution in [3.8, 4) is 0 Å². The van der Waals surface area contributed by atoms with E-state index in [1.54, 1.807) is 6.07 Å². The van der Waals surface area contributed by atoms with Crippen molar-refractivity contribution in [1.29, 1.82) is 0 Å². The molecule has 5 heteroatoms. The van der Waals surface area contributed by atoms with E-state index in [2.05, 4.69) is 10.3 Å². The summed E-state index contributed by atoms with van der Waals surface area (Å²) in [6.45, 7) is 5.70. The number of nitrogens with zero attached hydrogens (tertiary/aromatic N) is 1. The third-order valence-corrected chi connectivity index (χ3v) is 3.52. The number of amidine groups is 1. The van der Waals surface area contributed by atoms with Crippen LogP contribution in [0, 0.1) is 12.8 Å². The predicted octanol–water partition coefficient (Wildman–Crippen LogP) is 1.12. The molecule has 0 spiro atoms. The van der Waals surface area contributed by atoms with E-state index < -0.39 is 17.9 Å². The van der Waals surface area contributed by atoms with E-state index in [-0.39, 0.29) is 17.7 Å². The van der Waals surface area contributed by atoms with Crippen molar-refractivity contribution < 1.29 is 9.59 Å². The summed E-state index contributed by atoms with van der Waals surface area (Å²) < 4.78 is 0. The molecule has 2 amide bonds. The molecule has 1 aliphatic rings. The minimum absolute atomic E-state index is 0.0943. The molecule has 2 unspecified atom stereocenters. The average Bonchev–Trinajstić information content (AvgIpc) is 2.39. The van der Waals surface area contributed by atoms with Crippen LogP contribution in [0.5, 0.6) is 0 Å². The van der Waals surface area contributed by atoms with Crippen LogP contribution in [-0.2, 0) is 9.59 Å². The molecule has 2 rings (SSSR count). The topological polar surface area (TPSA) is 84.6 Å². The van der Waals surface area contributed by atoms with E-state index in [1.807, 2.05) is 39.0 Å². The van der Waals surface area contributed by atoms with Crippen LogP contribution >= 0.6 is 0 Å². The fourth-order valence-corrected chi connectivity index (χ4v) is 2.18. The molecule has 0 aromatic heterocycles. The van der Waals surface area contributed by atoms with Gasteiger partial charge in [-0.1, -0.05) is 38.1 Å². The zero-order valence-corrected chi connectivity index (χ0v) is 11.9. The third-order valence-electron chi connectivity index (χ3n) is 3.52. The first-order valence-electron chi connectivity index (χ1n) is 6.66. The summed E-state index contributed by atoms with van der Waals surface area (Å²) in [4.78, 5) is 28.4. The standard InChI is InChI=1S/C15H19N3O2/c1-8(2)12(16)13-17-14(19)11(15(20)18-13)10-7-5-4-6-9(10)3/h4-8,11-12H,16H2,1-3H3,(H,17,18,19,20). The van der Waals surface area contributed by atoms with Crippen molar-refractivity contribution in [2.24, 2.45) is 16.6 Å². The lowest BCUT2D eigenvalue weighted by molar-refractivity contribution is -0.129. The Morgan fingerprint density at radius 1 is 1.25 bits per heavy atom. The highest BCUT2D eigenvalue weighted by Crippen LogP contribution is 2.24. The van der Waals surface area contributed by atoms with Gasteiger partial charge in [0.2, 0.25) is 5.91 Å². The Labute approximate surface area is 118 Å². The van der Waals surface area contributed by atoms with Gasteiger partial charge < -0.3 is 11.1 Å². The number of hydrogen-bond donors (Lipinski definition) is 2. The number of carbonyl (C=O) groups is 2. The van der Waals surface area contributed by atoms with Gasteiger partial charge >= 0.3 is 0 Å². The Morgan fingerprint density at radius 2 is 1.90 bits per heavy atom. The molecule has 1 heterocycles. The number of aryl methyl sites for hydroxylation is 1. The van der Waals surface area contributed by atoms with Crippen molar-refractivity contribution in [3.05, 3.63) is 35.4 Å². The molecule has 1 aromatic rings. The van der Waals surface area contributed by atoms with E-state index in [0.29, 0.717) is 5.56 Å². The number of rotatable bonds is 3. The van der Waals surface area contributed by atoms with Crippen LogP contribution in [0.25, 0.3) is 0 Å². The summed E-state index contributed by atoms with van der Waals surface area (Å²) in [5.41, 5.74) is 7.52. The zero-order chi connectivity index (χ0) is 14.9. The molecule has 3 N–H and O–H groups in total. The number of hydrogen-bond acceptors (Lipinski definition) is 3. The summed E-state index contributed by atoms with van der Waals surface area (Å²) >= 11 is 0. The van der Waals surface area contributed by atoms with Gasteiger partial charge in [0, 0.05) is 0 Å². The predicted molar refractivity (Wildman–Crippen MR) is 77.3 cm³/mol. The maximum Gasteiger partial charge on any atom is 0.264 e. The van der Waals surface area contributed by atoms with Crippen LogP contribution in [0.15, 0.2) is 29.3 Å². The minimum Gasteiger partial charge on any atom is -0.321 e. The van der Waals surface area contributed by atoms with Crippen LogP contribution in [0.4, 0.5) is 0 Å². The van der Waals surface area contributed by atoms with Gasteiger partial charge in [-0.15, -0.1) is 0 Å². The van der Waals surface area contributed by atoms with Crippen LogP contribution < -0.4 is 11.1 Å². The second kappa shape index (κ2) is 5.54. The van der Waals surface area contributed by atoms with Crippen molar-refractivity contribution in [3.63, 3.8) is 0 Å². The molecule has 0 bridgehead atoms. The third kappa shape index (κ3) is 2.63. The molecule has 0 saturated heterocycles. The maximum absolute atomic E-state index is 12.2. The number of nitrogens with two attached hydrogens (primary N) is 1. The molecule has 0 saturated carbocycles. The maximum atomic E-state index is 12.2. The molecule has 1 aliphatic heterocycles. The Balaban J connectivity index is 2.35. The molecule has 20 heavy (non-hydrogen) atoms. The van der Waals surface area contributed by atoms with Crippen LogP contribution in [-0.4, -0.2) is 23.7 Å². The smallest absolute Gasteiger partial charge is 0.264 e. The first-order valence-corrected chi connectivity index (χ1v) is 6.66. The van der Waals surface area contributed by atoms with Crippen molar-refractivity contribution in [2.75, 3.05) is 0 Å². The normalized spacial score (nSPS) is 20.6. The number of benzene rings is 1. The number of carbonyl (C=O) groups excluding carboxylic acids is 2. The Hall–Kier alpha value is -2.01. The first-order chi connectivity index (χ1) is 9.41. The Morgan fingerprint density at radius 3 is 2.45 bits per heavy atom. The molecule has 0 aliphatic carbocycles. The van der Waals surface area contributed by atoms with Gasteiger partial charge in [-0.3, -0.25) is 9.59 Å². The fraction of sp³-hybridized carbons (Fsp3) is 0.400. The highest BCUT2D eigenvalue weighted by molar-refractivity contribution is 6.20. The van der Waals surface area contributed by atoms with Gasteiger partial charge in [0.15, 0.2) is 0 Å². The van der Waals surface area contributed by atoms with Crippen molar-refractivity contribution in [1.82, 2.24) is 5.32 Å². The second-order valence-corrected chi connectivity index (χ2v) is 5.38. The van der Waals surface area contributed by atoms with Crippen LogP contribution in [0.1, 0.15) is 30.9 Å². The van der Waals surface area contributed by atoms with E-state index in [9.17, 15) is 9.59 Å². The fourth-order valence-electron chi connectivity index (χ4n) is 2.18. The van der Waals surface area contributed by atoms with Gasteiger partial charge in [-0.2, -0.15) is 4.99 Å². The molecular weight excluding hydrogens is 254 g/mol. The number of nitrogens with one attached hydrogen (secondary N) is 1. The lowest BCUT2D eigenvalue weighted by atomic mass is 9.91. The quantitative estimate of drug-likeness (QED) is 0.809. The van der Waals surface area contributed by atoms with Crippen molar-refractivity contribution in [2.45, 2.75) is 32.7 Å². The molecular formula is C15H19N3O2. The summed E-state index contributed by atoms with van der Waals surface area (Å²) in [6, 6.07) is 6.88. The molecule has 0 radical (unpaired) electrons. The lowest BCUT2D eigenvalue weighted by Crippen LogP contribution is -2.52. The van der Waals surface area contributed by atoms with Gasteiger partial charge in [0.05, 0.1) is 6.04 Å². The van der Waals surface area contributed by atoms with Gasteiger partial charge in [-0.05, 0) is 24.0 Å². The van der Waals surface area contributed by atoms with Crippen molar-refractivity contribution >= 4 is 17.6 Å². The first kappa shape index (κ1) is 14.4. The molecule has 1 aromatic carbocycles. The van der Waals surface area contributed by atoms with Crippen LogP contribution in [0.2, 0.25) is 0 Å². The Kier molecular flexibility index (Phi) is 3.99. The van der Waals surface area contributed by atoms with E-state index >= 15 is 0 Å². The number of aliphatic imine (C=N–C) groups is 1. The van der Waals surface area contributed by atoms with E-state index in [4.69, 9.17) is 5.73 Å². The second-order valence-electron chi connectivity index (χ2n) is 5.38. The van der Waals surface area contributed by atoms with Gasteiger partial charge in [-0.25, -0.2) is 0 Å². The number of amides is 2. The lowest BCUT2D eigenvalue weighted by Gasteiger charge is -2.25. The summed E-state index contributed by atoms with van der Waals surface area (Å²) in [5, 5.41) is 2.67. The highest BCUT2D eigenvalue weighted by Gasteiger charge is 2.35. The SMILES string of the molecule is Cc1ccccc1C1C(=O)N=C(C(N)C(C)C)NC1=O. The highest BCUT2D eigenvalue weighted by atomic mass is 16.2. The van der Waals surface area contributed by atoms with Crippen LogP contribution in [0.3, 0.4) is 0 Å². The summed E-state index contributed by atoms with van der Waals surface area (Å²) in [7, 11) is 0. The molecule has 5 nitrogen and oxygen atoms in total. The monoisotopic (exact) mass is 273 g/mol. The molecule has 106 valence electrons. The van der Waals surface area contributed by atoms with E-state index in [0.717, 1.165) is 5.56 Å². The van der Waals surface area contributed by atoms with Gasteiger partial charge in [0.1, 0.15) is 11.8 Å². The van der Waals surface area contributed by atoms with Gasteiger partial charge in [0.25, 0.3) is 5.91 Å². The summed E-state index contributed by atoms with van der Waals surface area (Å²) in [5.74, 6) is -1.32. The largest absolute Gasteiger partial charge is 0.321 e. The molecule has 0 fully saturated rings.